The molecule has 4 rings (SSSR count). The van der Waals surface area contributed by atoms with E-state index in [0.29, 0.717) is 5.56 Å². The van der Waals surface area contributed by atoms with Crippen molar-refractivity contribution in [2.75, 3.05) is 5.32 Å². The Morgan fingerprint density at radius 3 is 2.69 bits per heavy atom. The molecule has 29 heavy (non-hydrogen) atoms. The van der Waals surface area contributed by atoms with Gasteiger partial charge in [-0.2, -0.15) is 9.37 Å². The van der Waals surface area contributed by atoms with Gasteiger partial charge in [-0.15, -0.1) is 0 Å². The van der Waals surface area contributed by atoms with Crippen LogP contribution in [0.15, 0.2) is 47.4 Å². The van der Waals surface area contributed by atoms with Gasteiger partial charge in [-0.05, 0) is 55.3 Å². The molecule has 5 nitrogen and oxygen atoms in total. The fourth-order valence-electron chi connectivity index (χ4n) is 3.21. The van der Waals surface area contributed by atoms with E-state index in [1.807, 2.05) is 32.0 Å². The van der Waals surface area contributed by atoms with Crippen molar-refractivity contribution in [3.05, 3.63) is 86.4 Å². The summed E-state index contributed by atoms with van der Waals surface area (Å²) in [7, 11) is 0. The summed E-state index contributed by atoms with van der Waals surface area (Å²) < 4.78 is 28.8. The lowest BCUT2D eigenvalue weighted by molar-refractivity contribution is 0.578. The molecule has 2 aromatic heterocycles. The Kier molecular flexibility index (Phi) is 4.84. The van der Waals surface area contributed by atoms with Crippen LogP contribution in [0.5, 0.6) is 0 Å². The van der Waals surface area contributed by atoms with E-state index in [-0.39, 0.29) is 17.5 Å². The zero-order valence-electron chi connectivity index (χ0n) is 15.7. The molecule has 0 aliphatic carbocycles. The summed E-state index contributed by atoms with van der Waals surface area (Å²) in [5, 5.41) is 4.09. The van der Waals surface area contributed by atoms with Gasteiger partial charge in [0.15, 0.2) is 0 Å². The van der Waals surface area contributed by atoms with Crippen LogP contribution in [0.2, 0.25) is 5.02 Å². The third kappa shape index (κ3) is 3.86. The first-order chi connectivity index (χ1) is 13.8. The molecular formula is C21H17ClF2N4O. The number of anilines is 2. The largest absolute Gasteiger partial charge is 0.359 e. The number of H-pyrrole nitrogens is 1. The second-order valence-corrected chi connectivity index (χ2v) is 7.33. The zero-order valence-corrected chi connectivity index (χ0v) is 16.4. The molecule has 0 atom stereocenters. The molecule has 0 saturated heterocycles. The molecule has 0 aliphatic rings. The van der Waals surface area contributed by atoms with Crippen molar-refractivity contribution in [3.8, 4) is 0 Å². The van der Waals surface area contributed by atoms with Crippen LogP contribution in [0.3, 0.4) is 0 Å². The van der Waals surface area contributed by atoms with Gasteiger partial charge in [0, 0.05) is 28.5 Å². The molecule has 2 N–H and O–H groups in total. The van der Waals surface area contributed by atoms with Crippen LogP contribution in [0.1, 0.15) is 16.8 Å². The van der Waals surface area contributed by atoms with Gasteiger partial charge in [-0.1, -0.05) is 17.7 Å². The fraction of sp³-hybridized carbons (Fsp3) is 0.143. The number of aromatic nitrogens is 3. The number of nitrogens with zero attached hydrogens (tertiary/aromatic N) is 2. The standard InChI is InChI=1S/C21H17ClF2N4O/c1-11-5-19-14(6-12(2)25-19)8-18(11)26-21-27-20(29)17(24)10-28(21)9-13-3-4-16(23)15(22)7-13/h3-8,10,25H,9H2,1-2H3,(H,26,27,29). The van der Waals surface area contributed by atoms with Crippen molar-refractivity contribution in [1.29, 1.82) is 0 Å². The summed E-state index contributed by atoms with van der Waals surface area (Å²) in [6.45, 7) is 4.04. The smallest absolute Gasteiger partial charge is 0.310 e. The lowest BCUT2D eigenvalue weighted by Crippen LogP contribution is -2.20. The fourth-order valence-corrected chi connectivity index (χ4v) is 3.41. The lowest BCUT2D eigenvalue weighted by Gasteiger charge is -2.16. The van der Waals surface area contributed by atoms with Crippen molar-refractivity contribution in [2.24, 2.45) is 0 Å². The predicted molar refractivity (Wildman–Crippen MR) is 110 cm³/mol. The van der Waals surface area contributed by atoms with Gasteiger partial charge in [0.2, 0.25) is 11.8 Å². The number of aromatic amines is 1. The van der Waals surface area contributed by atoms with Crippen LogP contribution in [-0.2, 0) is 6.54 Å². The normalized spacial score (nSPS) is 11.2. The third-order valence-corrected chi connectivity index (χ3v) is 4.93. The highest BCUT2D eigenvalue weighted by Gasteiger charge is 2.12. The third-order valence-electron chi connectivity index (χ3n) is 4.64. The van der Waals surface area contributed by atoms with E-state index < -0.39 is 17.2 Å². The number of rotatable bonds is 4. The van der Waals surface area contributed by atoms with Crippen LogP contribution >= 0.6 is 11.6 Å². The summed E-state index contributed by atoms with van der Waals surface area (Å²) in [6, 6.07) is 10.2. The maximum Gasteiger partial charge on any atom is 0.310 e. The Morgan fingerprint density at radius 2 is 1.93 bits per heavy atom. The van der Waals surface area contributed by atoms with Crippen molar-refractivity contribution in [2.45, 2.75) is 20.4 Å². The van der Waals surface area contributed by atoms with Crippen molar-refractivity contribution in [1.82, 2.24) is 14.5 Å². The molecule has 0 spiro atoms. The van der Waals surface area contributed by atoms with E-state index in [9.17, 15) is 13.6 Å². The Bertz CT molecular complexity index is 1300. The van der Waals surface area contributed by atoms with E-state index in [0.717, 1.165) is 34.0 Å². The van der Waals surface area contributed by atoms with Crippen molar-refractivity contribution in [3.63, 3.8) is 0 Å². The average Bonchev–Trinajstić information content (AvgIpc) is 3.01. The number of hydrogen-bond donors (Lipinski definition) is 2. The number of halogens is 3. The molecule has 0 aliphatic heterocycles. The highest BCUT2D eigenvalue weighted by atomic mass is 35.5. The molecule has 4 aromatic rings. The maximum absolute atomic E-state index is 13.9. The minimum absolute atomic E-state index is 0.0318. The van der Waals surface area contributed by atoms with E-state index in [4.69, 9.17) is 11.6 Å². The summed E-state index contributed by atoms with van der Waals surface area (Å²) >= 11 is 5.84. The van der Waals surface area contributed by atoms with Crippen molar-refractivity contribution < 1.29 is 8.78 Å². The first-order valence-corrected chi connectivity index (χ1v) is 9.26. The number of nitrogens with one attached hydrogen (secondary N) is 2. The minimum atomic E-state index is -0.975. The van der Waals surface area contributed by atoms with Gasteiger partial charge in [0.05, 0.1) is 11.6 Å². The SMILES string of the molecule is Cc1cc2cc(Nc3nc(=O)c(F)cn3Cc3ccc(F)c(Cl)c3)c(C)cc2[nH]1. The van der Waals surface area contributed by atoms with Gasteiger partial charge in [-0.25, -0.2) is 4.39 Å². The van der Waals surface area contributed by atoms with Gasteiger partial charge in [0.25, 0.3) is 0 Å². The molecule has 0 unspecified atom stereocenters. The number of hydrogen-bond acceptors (Lipinski definition) is 3. The van der Waals surface area contributed by atoms with E-state index in [1.54, 1.807) is 6.07 Å². The second kappa shape index (κ2) is 7.33. The molecule has 0 bridgehead atoms. The Morgan fingerprint density at radius 1 is 1.14 bits per heavy atom. The molecule has 2 aromatic carbocycles. The minimum Gasteiger partial charge on any atom is -0.359 e. The Labute approximate surface area is 170 Å². The van der Waals surface area contributed by atoms with E-state index in [2.05, 4.69) is 15.3 Å². The molecule has 0 amide bonds. The summed E-state index contributed by atoms with van der Waals surface area (Å²) in [5.41, 5.74) is 3.36. The summed E-state index contributed by atoms with van der Waals surface area (Å²) in [4.78, 5) is 18.9. The topological polar surface area (TPSA) is 62.7 Å². The van der Waals surface area contributed by atoms with Crippen LogP contribution in [0, 0.1) is 25.5 Å². The summed E-state index contributed by atoms with van der Waals surface area (Å²) in [5.74, 6) is -1.34. The highest BCUT2D eigenvalue weighted by Crippen LogP contribution is 2.26. The quantitative estimate of drug-likeness (QED) is 0.490. The van der Waals surface area contributed by atoms with Gasteiger partial charge in [0.1, 0.15) is 5.82 Å². The second-order valence-electron chi connectivity index (χ2n) is 6.93. The Hall–Kier alpha value is -3.19. The van der Waals surface area contributed by atoms with E-state index in [1.165, 1.54) is 16.7 Å². The Balaban J connectivity index is 1.75. The highest BCUT2D eigenvalue weighted by molar-refractivity contribution is 6.30. The molecular weight excluding hydrogens is 398 g/mol. The predicted octanol–water partition coefficient (Wildman–Crippen LogP) is 5.06. The average molecular weight is 415 g/mol. The molecule has 2 heterocycles. The molecule has 0 radical (unpaired) electrons. The molecule has 0 fully saturated rings. The van der Waals surface area contributed by atoms with E-state index >= 15 is 0 Å². The van der Waals surface area contributed by atoms with Gasteiger partial charge >= 0.3 is 5.56 Å². The lowest BCUT2D eigenvalue weighted by atomic mass is 10.1. The number of fused-ring (bicyclic) bond motifs is 1. The van der Waals surface area contributed by atoms with Crippen LogP contribution in [-0.4, -0.2) is 14.5 Å². The molecule has 0 saturated carbocycles. The van der Waals surface area contributed by atoms with Crippen LogP contribution < -0.4 is 10.9 Å². The zero-order chi connectivity index (χ0) is 20.7. The van der Waals surface area contributed by atoms with Gasteiger partial charge in [-0.3, -0.25) is 4.79 Å². The monoisotopic (exact) mass is 414 g/mol. The first kappa shape index (κ1) is 19.1. The van der Waals surface area contributed by atoms with Gasteiger partial charge < -0.3 is 14.9 Å². The number of benzene rings is 2. The maximum atomic E-state index is 13.9. The van der Waals surface area contributed by atoms with Crippen molar-refractivity contribution >= 4 is 34.1 Å². The number of aryl methyl sites for hydroxylation is 2. The first-order valence-electron chi connectivity index (χ1n) is 8.88. The molecule has 8 heteroatoms. The molecule has 148 valence electrons. The summed E-state index contributed by atoms with van der Waals surface area (Å²) in [6.07, 6.45) is 1.07. The van der Waals surface area contributed by atoms with Crippen LogP contribution in [0.4, 0.5) is 20.4 Å². The van der Waals surface area contributed by atoms with Crippen LogP contribution in [0.25, 0.3) is 10.9 Å².